The van der Waals surface area contributed by atoms with Crippen molar-refractivity contribution in [2.75, 3.05) is 55.3 Å². The van der Waals surface area contributed by atoms with Crippen molar-refractivity contribution < 1.29 is 9.63 Å². The van der Waals surface area contributed by atoms with Gasteiger partial charge in [-0.15, -0.1) is 11.3 Å². The van der Waals surface area contributed by atoms with Crippen LogP contribution in [-0.4, -0.2) is 76.7 Å². The molecule has 12 heteroatoms. The van der Waals surface area contributed by atoms with Crippen molar-refractivity contribution in [3.8, 4) is 28.9 Å². The highest BCUT2D eigenvalue weighted by Gasteiger charge is 2.30. The summed E-state index contributed by atoms with van der Waals surface area (Å²) in [4.78, 5) is 15.8. The summed E-state index contributed by atoms with van der Waals surface area (Å²) in [6.07, 6.45) is 10.0. The van der Waals surface area contributed by atoms with Gasteiger partial charge in [-0.1, -0.05) is 38.8 Å². The van der Waals surface area contributed by atoms with Crippen LogP contribution < -0.4 is 16.0 Å². The zero-order valence-electron chi connectivity index (χ0n) is 26.9. The van der Waals surface area contributed by atoms with Crippen LogP contribution in [0.15, 0.2) is 4.52 Å². The lowest BCUT2D eigenvalue weighted by Gasteiger charge is -2.33. The maximum absolute atomic E-state index is 10.1. The number of likely N-dealkylation sites (tertiary alicyclic amines) is 1. The Bertz CT molecular complexity index is 1510. The highest BCUT2D eigenvalue weighted by Crippen LogP contribution is 2.43. The first-order valence-electron chi connectivity index (χ1n) is 16.5. The molecule has 242 valence electrons. The van der Waals surface area contributed by atoms with Crippen LogP contribution in [0, 0.1) is 22.7 Å². The number of hydrogen-bond donors (Lipinski definition) is 4. The number of unbranched alkanes of at least 4 members (excludes halogenated alkanes) is 1. The van der Waals surface area contributed by atoms with Crippen molar-refractivity contribution in [2.45, 2.75) is 84.6 Å². The molecule has 2 aliphatic rings. The first-order valence-corrected chi connectivity index (χ1v) is 17.3. The molecule has 0 spiro atoms. The van der Waals surface area contributed by atoms with Crippen LogP contribution in [0.1, 0.15) is 87.3 Å². The molecular formula is C33H47N9O2S. The molecule has 2 unspecified atom stereocenters. The number of nitrogen functional groups attached to an aromatic ring is 1. The Balaban J connectivity index is 1.63. The molecule has 3 aromatic heterocycles. The maximum Gasteiger partial charge on any atom is 0.186 e. The van der Waals surface area contributed by atoms with Crippen LogP contribution in [-0.2, 0) is 12.8 Å². The number of hydrogen-bond acceptors (Lipinski definition) is 12. The van der Waals surface area contributed by atoms with Gasteiger partial charge in [-0.05, 0) is 57.4 Å². The summed E-state index contributed by atoms with van der Waals surface area (Å²) >= 11 is 1.45. The van der Waals surface area contributed by atoms with Crippen LogP contribution in [0.5, 0.6) is 0 Å². The van der Waals surface area contributed by atoms with Gasteiger partial charge in [0, 0.05) is 48.9 Å². The molecule has 2 aliphatic heterocycles. The summed E-state index contributed by atoms with van der Waals surface area (Å²) in [5, 5.41) is 36.7. The smallest absolute Gasteiger partial charge is 0.186 e. The number of anilines is 3. The fourth-order valence-electron chi connectivity index (χ4n) is 6.74. The Kier molecular flexibility index (Phi) is 11.1. The van der Waals surface area contributed by atoms with E-state index in [0.29, 0.717) is 64.7 Å². The Hall–Kier alpha value is -3.53. The fraction of sp³-hybridized carbons (Fsp3) is 0.606. The van der Waals surface area contributed by atoms with Crippen molar-refractivity contribution >= 4 is 34.2 Å². The highest BCUT2D eigenvalue weighted by atomic mass is 32.1. The minimum atomic E-state index is 0.134. The molecular weight excluding hydrogens is 586 g/mol. The number of aliphatic hydroxyl groups excluding tert-OH is 1. The second-order valence-corrected chi connectivity index (χ2v) is 13.5. The molecule has 45 heavy (non-hydrogen) atoms. The third-order valence-electron chi connectivity index (χ3n) is 9.02. The van der Waals surface area contributed by atoms with Crippen molar-refractivity contribution in [1.29, 1.82) is 10.7 Å². The fourth-order valence-corrected chi connectivity index (χ4v) is 7.85. The lowest BCUT2D eigenvalue weighted by molar-refractivity contribution is 0.189. The van der Waals surface area contributed by atoms with Gasteiger partial charge in [0.15, 0.2) is 17.3 Å². The predicted octanol–water partition coefficient (Wildman–Crippen LogP) is 5.71. The molecule has 0 aliphatic carbocycles. The predicted molar refractivity (Wildman–Crippen MR) is 181 cm³/mol. The number of nitrogens with zero attached hydrogens (tertiary/aromatic N) is 6. The van der Waals surface area contributed by atoms with Crippen molar-refractivity contribution in [1.82, 2.24) is 20.0 Å². The molecule has 2 atom stereocenters. The van der Waals surface area contributed by atoms with E-state index in [1.165, 1.54) is 24.0 Å². The number of nitrogens with one attached hydrogen (secondary N) is 2. The van der Waals surface area contributed by atoms with Crippen LogP contribution in [0.4, 0.5) is 16.6 Å². The molecule has 5 rings (SSSR count). The van der Waals surface area contributed by atoms with E-state index in [-0.39, 0.29) is 12.6 Å². The van der Waals surface area contributed by atoms with E-state index in [9.17, 15) is 10.4 Å². The largest absolute Gasteiger partial charge is 0.395 e. The van der Waals surface area contributed by atoms with Gasteiger partial charge in [0.2, 0.25) is 0 Å². The SMILES string of the molecule is CCCCc1c(-c2nc(NCC3CCCN3CCO)c(C=N)c(N3CCCC(C)C3)n2)noc1-c1c(CCC)sc(N)c1C#N. The summed E-state index contributed by atoms with van der Waals surface area (Å²) in [5.74, 6) is 2.89. The number of β-amino-alcohol motifs (C(OH)–C–C–N with tert-alkyl or cyclic N) is 1. The average Bonchev–Trinajstić information content (AvgIpc) is 3.75. The summed E-state index contributed by atoms with van der Waals surface area (Å²) < 4.78 is 6.12. The van der Waals surface area contributed by atoms with Gasteiger partial charge in [0.05, 0.1) is 23.3 Å². The van der Waals surface area contributed by atoms with Gasteiger partial charge < -0.3 is 31.0 Å². The Morgan fingerprint density at radius 3 is 2.73 bits per heavy atom. The van der Waals surface area contributed by atoms with Gasteiger partial charge in [-0.3, -0.25) is 4.90 Å². The minimum absolute atomic E-state index is 0.134. The Labute approximate surface area is 270 Å². The molecule has 5 N–H and O–H groups in total. The van der Waals surface area contributed by atoms with E-state index in [2.05, 4.69) is 47.1 Å². The van der Waals surface area contributed by atoms with E-state index in [1.54, 1.807) is 0 Å². The van der Waals surface area contributed by atoms with E-state index in [1.807, 2.05) is 0 Å². The van der Waals surface area contributed by atoms with Gasteiger partial charge in [-0.2, -0.15) is 5.26 Å². The van der Waals surface area contributed by atoms with Gasteiger partial charge >= 0.3 is 0 Å². The van der Waals surface area contributed by atoms with Crippen LogP contribution in [0.2, 0.25) is 0 Å². The number of piperidine rings is 1. The summed E-state index contributed by atoms with van der Waals surface area (Å²) in [6.45, 7) is 10.6. The molecule has 11 nitrogen and oxygen atoms in total. The quantitative estimate of drug-likeness (QED) is 0.162. The van der Waals surface area contributed by atoms with E-state index in [0.717, 1.165) is 86.4 Å². The third kappa shape index (κ3) is 7.00. The standard InChI is InChI=1S/C33H47N9O2S/c1-4-6-12-23-28(40-44-29(23)27-24(17-34)30(36)45-26(27)9-5-2)32-38-31(37-19-22-11-8-13-41(22)15-16-43)25(18-35)33(39-32)42-14-7-10-21(3)20-42/h18,21-22,35,43H,4-16,19-20,36H2,1-3H3,(H,37,38,39). The molecule has 0 aromatic carbocycles. The number of aliphatic hydroxyl groups is 1. The number of rotatable bonds is 14. The van der Waals surface area contributed by atoms with Gasteiger partial charge in [0.25, 0.3) is 0 Å². The first-order chi connectivity index (χ1) is 21.9. The summed E-state index contributed by atoms with van der Waals surface area (Å²) in [7, 11) is 0. The van der Waals surface area contributed by atoms with E-state index in [4.69, 9.17) is 25.6 Å². The van der Waals surface area contributed by atoms with E-state index < -0.39 is 0 Å². The van der Waals surface area contributed by atoms with Crippen molar-refractivity contribution in [3.63, 3.8) is 0 Å². The monoisotopic (exact) mass is 633 g/mol. The molecule has 0 amide bonds. The first kappa shape index (κ1) is 32.9. The topological polar surface area (TPSA) is 164 Å². The zero-order chi connectivity index (χ0) is 31.9. The summed E-state index contributed by atoms with van der Waals surface area (Å²) in [6, 6.07) is 2.59. The van der Waals surface area contributed by atoms with Crippen LogP contribution >= 0.6 is 11.3 Å². The van der Waals surface area contributed by atoms with Crippen LogP contribution in [0.25, 0.3) is 22.8 Å². The number of aryl methyl sites for hydroxylation is 1. The van der Waals surface area contributed by atoms with E-state index >= 15 is 0 Å². The zero-order valence-corrected chi connectivity index (χ0v) is 27.7. The molecule has 0 saturated carbocycles. The number of thiophene rings is 1. The minimum Gasteiger partial charge on any atom is -0.395 e. The second kappa shape index (κ2) is 15.2. The molecule has 3 aromatic rings. The van der Waals surface area contributed by atoms with Crippen molar-refractivity contribution in [2.24, 2.45) is 5.92 Å². The Morgan fingerprint density at radius 2 is 2.02 bits per heavy atom. The third-order valence-corrected chi connectivity index (χ3v) is 10.1. The van der Waals surface area contributed by atoms with Crippen molar-refractivity contribution in [3.05, 3.63) is 21.6 Å². The molecule has 0 bridgehead atoms. The van der Waals surface area contributed by atoms with Gasteiger partial charge in [-0.25, -0.2) is 9.97 Å². The lowest BCUT2D eigenvalue weighted by Crippen LogP contribution is -2.37. The molecule has 0 radical (unpaired) electrons. The number of nitrogens with two attached hydrogens (primary N) is 1. The Morgan fingerprint density at radius 1 is 1.20 bits per heavy atom. The molecule has 2 saturated heterocycles. The second-order valence-electron chi connectivity index (χ2n) is 12.4. The summed E-state index contributed by atoms with van der Waals surface area (Å²) in [5.41, 5.74) is 9.64. The lowest BCUT2D eigenvalue weighted by atomic mass is 9.98. The normalized spacial score (nSPS) is 18.8. The average molecular weight is 634 g/mol. The highest BCUT2D eigenvalue weighted by molar-refractivity contribution is 7.16. The van der Waals surface area contributed by atoms with Gasteiger partial charge in [0.1, 0.15) is 22.7 Å². The molecule has 5 heterocycles. The number of aromatic nitrogens is 3. The van der Waals surface area contributed by atoms with Crippen LogP contribution in [0.3, 0.4) is 0 Å². The molecule has 2 fully saturated rings. The number of nitriles is 1. The maximum atomic E-state index is 10.1.